The first-order valence-corrected chi connectivity index (χ1v) is 4.78. The van der Waals surface area contributed by atoms with Crippen LogP contribution in [0.5, 0.6) is 0 Å². The Bertz CT molecular complexity index is 328. The molecule has 0 aliphatic heterocycles. The maximum absolute atomic E-state index is 10.8. The Kier molecular flexibility index (Phi) is 4.70. The predicted molar refractivity (Wildman–Crippen MR) is 55.1 cm³/mol. The molecule has 1 aromatic heterocycles. The SMILES string of the molecule is COC(=O)CCNCc1ccnc(C)n1. The lowest BCUT2D eigenvalue weighted by atomic mass is 10.3. The van der Waals surface area contributed by atoms with Gasteiger partial charge < -0.3 is 10.1 Å². The van der Waals surface area contributed by atoms with Crippen molar-refractivity contribution < 1.29 is 9.53 Å². The number of aryl methyl sites for hydroxylation is 1. The number of hydrogen-bond acceptors (Lipinski definition) is 5. The van der Waals surface area contributed by atoms with E-state index in [4.69, 9.17) is 0 Å². The van der Waals surface area contributed by atoms with E-state index < -0.39 is 0 Å². The monoisotopic (exact) mass is 209 g/mol. The summed E-state index contributed by atoms with van der Waals surface area (Å²) in [5.41, 5.74) is 0.923. The van der Waals surface area contributed by atoms with Crippen molar-refractivity contribution in [1.29, 1.82) is 0 Å². The summed E-state index contributed by atoms with van der Waals surface area (Å²) in [7, 11) is 1.39. The average molecular weight is 209 g/mol. The maximum Gasteiger partial charge on any atom is 0.306 e. The number of aromatic nitrogens is 2. The molecule has 0 aromatic carbocycles. The molecule has 0 amide bonds. The third-order valence-corrected chi connectivity index (χ3v) is 1.87. The van der Waals surface area contributed by atoms with Gasteiger partial charge in [-0.2, -0.15) is 0 Å². The van der Waals surface area contributed by atoms with Gasteiger partial charge in [0.25, 0.3) is 0 Å². The fraction of sp³-hybridized carbons (Fsp3) is 0.500. The molecule has 0 saturated carbocycles. The first-order valence-electron chi connectivity index (χ1n) is 4.78. The molecular formula is C10H15N3O2. The molecule has 0 saturated heterocycles. The highest BCUT2D eigenvalue weighted by atomic mass is 16.5. The van der Waals surface area contributed by atoms with Crippen LogP contribution in [0.15, 0.2) is 12.3 Å². The third-order valence-electron chi connectivity index (χ3n) is 1.87. The molecule has 0 fully saturated rings. The minimum Gasteiger partial charge on any atom is -0.469 e. The van der Waals surface area contributed by atoms with E-state index in [0.29, 0.717) is 19.5 Å². The van der Waals surface area contributed by atoms with Crippen molar-refractivity contribution >= 4 is 5.97 Å². The molecule has 0 radical (unpaired) electrons. The summed E-state index contributed by atoms with van der Waals surface area (Å²) in [5, 5.41) is 3.10. The minimum atomic E-state index is -0.207. The molecule has 0 spiro atoms. The largest absolute Gasteiger partial charge is 0.469 e. The molecule has 1 rings (SSSR count). The summed E-state index contributed by atoms with van der Waals surface area (Å²) in [6.45, 7) is 3.08. The van der Waals surface area contributed by atoms with E-state index in [2.05, 4.69) is 20.0 Å². The first-order chi connectivity index (χ1) is 7.22. The van der Waals surface area contributed by atoms with Crippen LogP contribution >= 0.6 is 0 Å². The second-order valence-electron chi connectivity index (χ2n) is 3.10. The fourth-order valence-corrected chi connectivity index (χ4v) is 1.11. The van der Waals surface area contributed by atoms with Gasteiger partial charge in [-0.05, 0) is 13.0 Å². The van der Waals surface area contributed by atoms with Gasteiger partial charge in [-0.25, -0.2) is 9.97 Å². The predicted octanol–water partition coefficient (Wildman–Crippen LogP) is 0.438. The van der Waals surface area contributed by atoms with Gasteiger partial charge >= 0.3 is 5.97 Å². The Morgan fingerprint density at radius 3 is 3.07 bits per heavy atom. The lowest BCUT2D eigenvalue weighted by Gasteiger charge is -2.03. The van der Waals surface area contributed by atoms with E-state index in [1.165, 1.54) is 7.11 Å². The van der Waals surface area contributed by atoms with Crippen LogP contribution < -0.4 is 5.32 Å². The normalized spacial score (nSPS) is 10.0. The molecular weight excluding hydrogens is 194 g/mol. The van der Waals surface area contributed by atoms with Gasteiger partial charge in [-0.15, -0.1) is 0 Å². The van der Waals surface area contributed by atoms with Crippen LogP contribution in [-0.2, 0) is 16.1 Å². The van der Waals surface area contributed by atoms with E-state index in [1.807, 2.05) is 13.0 Å². The van der Waals surface area contributed by atoms with Gasteiger partial charge in [0.2, 0.25) is 0 Å². The molecule has 1 heterocycles. The Labute approximate surface area is 88.9 Å². The van der Waals surface area contributed by atoms with Crippen molar-refractivity contribution in [2.75, 3.05) is 13.7 Å². The molecule has 0 aliphatic rings. The smallest absolute Gasteiger partial charge is 0.306 e. The lowest BCUT2D eigenvalue weighted by Crippen LogP contribution is -2.19. The highest BCUT2D eigenvalue weighted by molar-refractivity contribution is 5.69. The van der Waals surface area contributed by atoms with Crippen molar-refractivity contribution in [3.8, 4) is 0 Å². The summed E-state index contributed by atoms with van der Waals surface area (Å²) in [6, 6.07) is 1.85. The third kappa shape index (κ3) is 4.51. The summed E-state index contributed by atoms with van der Waals surface area (Å²) in [5.74, 6) is 0.545. The first kappa shape index (κ1) is 11.6. The van der Waals surface area contributed by atoms with Gasteiger partial charge in [0, 0.05) is 19.3 Å². The van der Waals surface area contributed by atoms with Gasteiger partial charge in [-0.1, -0.05) is 0 Å². The highest BCUT2D eigenvalue weighted by Crippen LogP contribution is 1.93. The molecule has 0 aliphatic carbocycles. The number of esters is 1. The molecule has 1 N–H and O–H groups in total. The van der Waals surface area contributed by atoms with Crippen molar-refractivity contribution in [2.24, 2.45) is 0 Å². The number of ether oxygens (including phenoxy) is 1. The maximum atomic E-state index is 10.8. The number of carbonyl (C=O) groups is 1. The van der Waals surface area contributed by atoms with Crippen LogP contribution in [0.1, 0.15) is 17.9 Å². The van der Waals surface area contributed by atoms with Gasteiger partial charge in [0.1, 0.15) is 5.82 Å². The van der Waals surface area contributed by atoms with E-state index >= 15 is 0 Å². The topological polar surface area (TPSA) is 64.1 Å². The lowest BCUT2D eigenvalue weighted by molar-refractivity contribution is -0.140. The quantitative estimate of drug-likeness (QED) is 0.563. The Morgan fingerprint density at radius 2 is 2.40 bits per heavy atom. The Morgan fingerprint density at radius 1 is 1.60 bits per heavy atom. The summed E-state index contributed by atoms with van der Waals surface area (Å²) >= 11 is 0. The van der Waals surface area contributed by atoms with E-state index in [0.717, 1.165) is 11.5 Å². The highest BCUT2D eigenvalue weighted by Gasteiger charge is 1.99. The van der Waals surface area contributed by atoms with Gasteiger partial charge in [0.05, 0.1) is 19.2 Å². The molecule has 5 nitrogen and oxygen atoms in total. The Balaban J connectivity index is 2.23. The van der Waals surface area contributed by atoms with E-state index in [1.54, 1.807) is 6.20 Å². The number of nitrogens with one attached hydrogen (secondary N) is 1. The van der Waals surface area contributed by atoms with Gasteiger partial charge in [-0.3, -0.25) is 4.79 Å². The summed E-state index contributed by atoms with van der Waals surface area (Å²) < 4.78 is 4.52. The molecule has 0 bridgehead atoms. The molecule has 82 valence electrons. The van der Waals surface area contributed by atoms with Crippen molar-refractivity contribution in [3.05, 3.63) is 23.8 Å². The summed E-state index contributed by atoms with van der Waals surface area (Å²) in [6.07, 6.45) is 2.10. The van der Waals surface area contributed by atoms with E-state index in [9.17, 15) is 4.79 Å². The van der Waals surface area contributed by atoms with E-state index in [-0.39, 0.29) is 5.97 Å². The number of rotatable bonds is 5. The summed E-state index contributed by atoms with van der Waals surface area (Å²) in [4.78, 5) is 19.0. The fourth-order valence-electron chi connectivity index (χ4n) is 1.11. The second kappa shape index (κ2) is 6.08. The molecule has 15 heavy (non-hydrogen) atoms. The van der Waals surface area contributed by atoms with Crippen molar-refractivity contribution in [3.63, 3.8) is 0 Å². The Hall–Kier alpha value is -1.49. The van der Waals surface area contributed by atoms with Crippen LogP contribution in [0, 0.1) is 6.92 Å². The van der Waals surface area contributed by atoms with Crippen molar-refractivity contribution in [1.82, 2.24) is 15.3 Å². The molecule has 0 unspecified atom stereocenters. The van der Waals surface area contributed by atoms with Gasteiger partial charge in [0.15, 0.2) is 0 Å². The van der Waals surface area contributed by atoms with Crippen LogP contribution in [0.4, 0.5) is 0 Å². The number of nitrogens with zero attached hydrogens (tertiary/aromatic N) is 2. The molecule has 5 heteroatoms. The van der Waals surface area contributed by atoms with Crippen LogP contribution in [0.2, 0.25) is 0 Å². The molecule has 1 aromatic rings. The second-order valence-corrected chi connectivity index (χ2v) is 3.10. The van der Waals surface area contributed by atoms with Crippen molar-refractivity contribution in [2.45, 2.75) is 19.9 Å². The van der Waals surface area contributed by atoms with Crippen LogP contribution in [0.25, 0.3) is 0 Å². The minimum absolute atomic E-state index is 0.207. The standard InChI is InChI=1S/C10H15N3O2/c1-8-12-6-3-9(13-8)7-11-5-4-10(14)15-2/h3,6,11H,4-5,7H2,1-2H3. The van der Waals surface area contributed by atoms with Crippen LogP contribution in [-0.4, -0.2) is 29.6 Å². The molecule has 0 atom stereocenters. The zero-order valence-electron chi connectivity index (χ0n) is 8.99. The number of methoxy groups -OCH3 is 1. The van der Waals surface area contributed by atoms with Crippen LogP contribution in [0.3, 0.4) is 0 Å². The number of hydrogen-bond donors (Lipinski definition) is 1. The average Bonchev–Trinajstić information content (AvgIpc) is 2.24. The zero-order chi connectivity index (χ0) is 11.1. The number of carbonyl (C=O) groups excluding carboxylic acids is 1. The zero-order valence-corrected chi connectivity index (χ0v) is 8.99.